The summed E-state index contributed by atoms with van der Waals surface area (Å²) in [4.78, 5) is 23.4. The van der Waals surface area contributed by atoms with Gasteiger partial charge in [0.15, 0.2) is 0 Å². The van der Waals surface area contributed by atoms with Crippen molar-refractivity contribution < 1.29 is 32.7 Å². The number of nitrogens with one attached hydrogen (secondary N) is 2. The van der Waals surface area contributed by atoms with Crippen LogP contribution in [-0.4, -0.2) is 41.9 Å². The molecule has 0 fully saturated rings. The van der Waals surface area contributed by atoms with E-state index in [1.807, 2.05) is 5.32 Å². The summed E-state index contributed by atoms with van der Waals surface area (Å²) >= 11 is 0. The number of hydroxylamine groups is 1. The molecule has 1 aromatic rings. The fourth-order valence-electron chi connectivity index (χ4n) is 1.70. The van der Waals surface area contributed by atoms with Crippen molar-refractivity contribution >= 4 is 11.8 Å². The van der Waals surface area contributed by atoms with Crippen LogP contribution in [-0.2, 0) is 4.79 Å². The van der Waals surface area contributed by atoms with E-state index < -0.39 is 30.1 Å². The summed E-state index contributed by atoms with van der Waals surface area (Å²) in [6.07, 6.45) is -4.96. The summed E-state index contributed by atoms with van der Waals surface area (Å²) in [5.74, 6) is 3.22. The van der Waals surface area contributed by atoms with Gasteiger partial charge in [-0.1, -0.05) is 5.92 Å². The molecule has 25 heavy (non-hydrogen) atoms. The molecular formula is C15H16F3N3O4. The van der Waals surface area contributed by atoms with E-state index >= 15 is 0 Å². The summed E-state index contributed by atoms with van der Waals surface area (Å²) in [5.41, 5.74) is 5.96. The molecule has 1 aromatic carbocycles. The normalized spacial score (nSPS) is 13.0. The van der Waals surface area contributed by atoms with Gasteiger partial charge in [0.05, 0.1) is 0 Å². The SMILES string of the molecule is CC#CCOc1ccc(C(=O)NC(C(=O)NO)C(N)C(F)(F)F)cc1. The van der Waals surface area contributed by atoms with Crippen LogP contribution in [0.4, 0.5) is 13.2 Å². The zero-order chi connectivity index (χ0) is 19.0. The maximum atomic E-state index is 12.7. The zero-order valence-corrected chi connectivity index (χ0v) is 13.1. The largest absolute Gasteiger partial charge is 0.481 e. The molecule has 0 aliphatic carbocycles. The molecule has 7 nitrogen and oxygen atoms in total. The average molecular weight is 359 g/mol. The first-order chi connectivity index (χ1) is 11.7. The first-order valence-electron chi connectivity index (χ1n) is 6.90. The van der Waals surface area contributed by atoms with Crippen LogP contribution in [0.1, 0.15) is 17.3 Å². The Kier molecular flexibility index (Phi) is 7.22. The quantitative estimate of drug-likeness (QED) is 0.337. The van der Waals surface area contributed by atoms with Gasteiger partial charge in [-0.25, -0.2) is 5.48 Å². The predicted molar refractivity (Wildman–Crippen MR) is 80.6 cm³/mol. The highest BCUT2D eigenvalue weighted by Gasteiger charge is 2.45. The number of alkyl halides is 3. The maximum Gasteiger partial charge on any atom is 0.406 e. The molecule has 0 radical (unpaired) electrons. The Morgan fingerprint density at radius 3 is 2.40 bits per heavy atom. The summed E-state index contributed by atoms with van der Waals surface area (Å²) in [6, 6.07) is 0.509. The van der Waals surface area contributed by atoms with Crippen molar-refractivity contribution in [2.24, 2.45) is 5.73 Å². The molecule has 0 saturated carbocycles. The number of ether oxygens (including phenoxy) is 1. The van der Waals surface area contributed by atoms with Crippen molar-refractivity contribution in [3.05, 3.63) is 29.8 Å². The molecule has 0 aliphatic rings. The number of amides is 2. The zero-order valence-electron chi connectivity index (χ0n) is 13.1. The van der Waals surface area contributed by atoms with E-state index in [1.54, 1.807) is 6.92 Å². The summed E-state index contributed by atoms with van der Waals surface area (Å²) in [6.45, 7) is 1.78. The molecule has 136 valence electrons. The number of carbonyl (C=O) groups is 2. The highest BCUT2D eigenvalue weighted by Crippen LogP contribution is 2.21. The number of carbonyl (C=O) groups excluding carboxylic acids is 2. The highest BCUT2D eigenvalue weighted by atomic mass is 19.4. The third kappa shape index (κ3) is 5.98. The lowest BCUT2D eigenvalue weighted by Crippen LogP contribution is -2.61. The monoisotopic (exact) mass is 359 g/mol. The van der Waals surface area contributed by atoms with Crippen molar-refractivity contribution in [2.45, 2.75) is 25.2 Å². The van der Waals surface area contributed by atoms with E-state index in [4.69, 9.17) is 15.7 Å². The van der Waals surface area contributed by atoms with Crippen LogP contribution in [0.5, 0.6) is 5.75 Å². The van der Waals surface area contributed by atoms with Gasteiger partial charge in [0.1, 0.15) is 24.4 Å². The lowest BCUT2D eigenvalue weighted by Gasteiger charge is -2.25. The van der Waals surface area contributed by atoms with E-state index in [0.717, 1.165) is 5.48 Å². The van der Waals surface area contributed by atoms with Crippen molar-refractivity contribution in [1.82, 2.24) is 10.8 Å². The van der Waals surface area contributed by atoms with Gasteiger partial charge in [0.2, 0.25) is 0 Å². The topological polar surface area (TPSA) is 114 Å². The van der Waals surface area contributed by atoms with Gasteiger partial charge in [0.25, 0.3) is 11.8 Å². The molecule has 2 atom stereocenters. The Morgan fingerprint density at radius 2 is 1.92 bits per heavy atom. The van der Waals surface area contributed by atoms with Gasteiger partial charge in [0, 0.05) is 5.56 Å². The Morgan fingerprint density at radius 1 is 1.32 bits per heavy atom. The van der Waals surface area contributed by atoms with Crippen LogP contribution in [0, 0.1) is 11.8 Å². The van der Waals surface area contributed by atoms with Gasteiger partial charge < -0.3 is 15.8 Å². The maximum absolute atomic E-state index is 12.7. The van der Waals surface area contributed by atoms with Crippen LogP contribution in [0.15, 0.2) is 24.3 Å². The molecule has 0 bridgehead atoms. The second-order valence-electron chi connectivity index (χ2n) is 4.73. The van der Waals surface area contributed by atoms with Gasteiger partial charge in [-0.2, -0.15) is 13.2 Å². The summed E-state index contributed by atoms with van der Waals surface area (Å²) < 4.78 is 43.3. The fraction of sp³-hybridized carbons (Fsp3) is 0.333. The van der Waals surface area contributed by atoms with Gasteiger partial charge in [-0.05, 0) is 31.2 Å². The first-order valence-corrected chi connectivity index (χ1v) is 6.90. The molecule has 0 spiro atoms. The minimum Gasteiger partial charge on any atom is -0.481 e. The van der Waals surface area contributed by atoms with E-state index in [9.17, 15) is 22.8 Å². The average Bonchev–Trinajstić information content (AvgIpc) is 2.58. The van der Waals surface area contributed by atoms with E-state index in [2.05, 4.69) is 11.8 Å². The smallest absolute Gasteiger partial charge is 0.406 e. The van der Waals surface area contributed by atoms with Crippen molar-refractivity contribution in [3.63, 3.8) is 0 Å². The van der Waals surface area contributed by atoms with E-state index in [0.29, 0.717) is 5.75 Å². The van der Waals surface area contributed by atoms with Gasteiger partial charge >= 0.3 is 6.18 Å². The van der Waals surface area contributed by atoms with Crippen LogP contribution < -0.4 is 21.3 Å². The summed E-state index contributed by atoms with van der Waals surface area (Å²) in [7, 11) is 0. The van der Waals surface area contributed by atoms with Crippen LogP contribution in [0.25, 0.3) is 0 Å². The lowest BCUT2D eigenvalue weighted by atomic mass is 10.1. The third-order valence-corrected chi connectivity index (χ3v) is 3.02. The molecule has 0 saturated heterocycles. The van der Waals surface area contributed by atoms with E-state index in [1.165, 1.54) is 24.3 Å². The molecule has 0 heterocycles. The second-order valence-corrected chi connectivity index (χ2v) is 4.73. The molecule has 10 heteroatoms. The van der Waals surface area contributed by atoms with Crippen LogP contribution >= 0.6 is 0 Å². The number of hydrogen-bond acceptors (Lipinski definition) is 5. The Labute approximate surface area is 141 Å². The molecule has 2 unspecified atom stereocenters. The Hall–Kier alpha value is -2.77. The highest BCUT2D eigenvalue weighted by molar-refractivity contribution is 5.97. The Balaban J connectivity index is 2.85. The molecule has 5 N–H and O–H groups in total. The van der Waals surface area contributed by atoms with Gasteiger partial charge in [-0.3, -0.25) is 14.8 Å². The molecule has 0 aromatic heterocycles. The summed E-state index contributed by atoms with van der Waals surface area (Å²) in [5, 5.41) is 10.4. The molecular weight excluding hydrogens is 343 g/mol. The number of rotatable bonds is 6. The second kappa shape index (κ2) is 8.91. The third-order valence-electron chi connectivity index (χ3n) is 3.02. The predicted octanol–water partition coefficient (Wildman–Crippen LogP) is 0.582. The lowest BCUT2D eigenvalue weighted by molar-refractivity contribution is -0.162. The first kappa shape index (κ1) is 20.3. The van der Waals surface area contributed by atoms with Crippen LogP contribution in [0.2, 0.25) is 0 Å². The minimum absolute atomic E-state index is 0.0287. The Bertz CT molecular complexity index is 665. The van der Waals surface area contributed by atoms with Crippen molar-refractivity contribution in [2.75, 3.05) is 6.61 Å². The molecule has 0 aliphatic heterocycles. The molecule has 2 amide bonds. The fourth-order valence-corrected chi connectivity index (χ4v) is 1.70. The van der Waals surface area contributed by atoms with Crippen LogP contribution in [0.3, 0.4) is 0 Å². The van der Waals surface area contributed by atoms with Crippen molar-refractivity contribution in [3.8, 4) is 17.6 Å². The van der Waals surface area contributed by atoms with Gasteiger partial charge in [-0.15, -0.1) is 5.92 Å². The number of nitrogens with two attached hydrogens (primary N) is 1. The molecule has 1 rings (SSSR count). The minimum atomic E-state index is -4.96. The standard InChI is InChI=1S/C15H16F3N3O4/c1-2-3-8-25-10-6-4-9(5-7-10)13(22)20-11(14(23)21-24)12(19)15(16,17)18/h4-7,11-12,24H,8,19H2,1H3,(H,20,22)(H,21,23). The number of halogens is 3. The van der Waals surface area contributed by atoms with Crippen molar-refractivity contribution in [1.29, 1.82) is 0 Å². The number of benzene rings is 1. The van der Waals surface area contributed by atoms with E-state index in [-0.39, 0.29) is 12.2 Å². The number of hydrogen-bond donors (Lipinski definition) is 4.